The van der Waals surface area contributed by atoms with E-state index in [1.807, 2.05) is 19.1 Å². The van der Waals surface area contributed by atoms with Gasteiger partial charge in [0.1, 0.15) is 11.6 Å². The first-order valence-corrected chi connectivity index (χ1v) is 10.9. The molecule has 2 aromatic carbocycles. The number of benzene rings is 2. The summed E-state index contributed by atoms with van der Waals surface area (Å²) in [6, 6.07) is 9.45. The van der Waals surface area contributed by atoms with Crippen molar-refractivity contribution in [2.24, 2.45) is 5.92 Å². The molecule has 2 aliphatic rings. The van der Waals surface area contributed by atoms with Gasteiger partial charge in [-0.25, -0.2) is 8.78 Å². The Morgan fingerprint density at radius 3 is 2.36 bits per heavy atom. The maximum atomic E-state index is 15.0. The van der Waals surface area contributed by atoms with E-state index >= 15 is 0 Å². The Morgan fingerprint density at radius 2 is 1.68 bits per heavy atom. The average molecular weight is 381 g/mol. The number of aryl methyl sites for hydroxylation is 1. The van der Waals surface area contributed by atoms with Gasteiger partial charge in [0.05, 0.1) is 0 Å². The maximum absolute atomic E-state index is 15.0. The second-order valence-corrected chi connectivity index (χ2v) is 8.54. The van der Waals surface area contributed by atoms with Crippen LogP contribution in [0.1, 0.15) is 79.7 Å². The molecule has 2 aliphatic carbocycles. The first-order chi connectivity index (χ1) is 13.6. The van der Waals surface area contributed by atoms with E-state index in [-0.39, 0.29) is 11.6 Å². The van der Waals surface area contributed by atoms with Gasteiger partial charge in [0.25, 0.3) is 0 Å². The molecular formula is C26H30F2. The molecule has 0 aliphatic heterocycles. The van der Waals surface area contributed by atoms with Crippen LogP contribution in [0, 0.1) is 17.6 Å². The van der Waals surface area contributed by atoms with Crippen LogP contribution in [-0.2, 0) is 19.3 Å². The molecule has 0 heterocycles. The van der Waals surface area contributed by atoms with Crippen LogP contribution >= 0.6 is 0 Å². The smallest absolute Gasteiger partial charge is 0.130 e. The normalized spacial score (nSPS) is 21.9. The van der Waals surface area contributed by atoms with E-state index in [0.717, 1.165) is 34.6 Å². The quantitative estimate of drug-likeness (QED) is 0.518. The third-order valence-electron chi connectivity index (χ3n) is 6.93. The molecule has 0 amide bonds. The van der Waals surface area contributed by atoms with Gasteiger partial charge in [-0.1, -0.05) is 44.5 Å². The average Bonchev–Trinajstić information content (AvgIpc) is 2.73. The third kappa shape index (κ3) is 3.79. The highest BCUT2D eigenvalue weighted by atomic mass is 19.1. The molecule has 0 N–H and O–H groups in total. The zero-order valence-corrected chi connectivity index (χ0v) is 17.0. The van der Waals surface area contributed by atoms with Crippen molar-refractivity contribution in [1.82, 2.24) is 0 Å². The summed E-state index contributed by atoms with van der Waals surface area (Å²) in [7, 11) is 0. The standard InChI is InChI=1S/C26H30F2/c1-3-17-5-7-19(8-6-17)21-11-12-24(26(28)15-21)22-10-9-20-13-18(4-2)25(27)16-23(20)14-22/h10-13,15-17,19H,3-9,14H2,1-2H3. The molecular weight excluding hydrogens is 350 g/mol. The Hall–Kier alpha value is -1.96. The predicted molar refractivity (Wildman–Crippen MR) is 113 cm³/mol. The molecule has 0 atom stereocenters. The summed E-state index contributed by atoms with van der Waals surface area (Å²) in [6.07, 6.45) is 10.3. The molecule has 0 saturated heterocycles. The fourth-order valence-corrected chi connectivity index (χ4v) is 5.00. The first-order valence-electron chi connectivity index (χ1n) is 10.9. The molecule has 0 aromatic heterocycles. The summed E-state index contributed by atoms with van der Waals surface area (Å²) in [5.41, 5.74) is 5.74. The van der Waals surface area contributed by atoms with Crippen LogP contribution in [0.25, 0.3) is 5.57 Å². The lowest BCUT2D eigenvalue weighted by Gasteiger charge is -2.28. The van der Waals surface area contributed by atoms with E-state index in [1.165, 1.54) is 37.7 Å². The van der Waals surface area contributed by atoms with Crippen molar-refractivity contribution < 1.29 is 8.78 Å². The Bertz CT molecular complexity index is 886. The second-order valence-electron chi connectivity index (χ2n) is 8.54. The van der Waals surface area contributed by atoms with E-state index in [9.17, 15) is 8.78 Å². The fourth-order valence-electron chi connectivity index (χ4n) is 5.00. The molecule has 28 heavy (non-hydrogen) atoms. The largest absolute Gasteiger partial charge is 0.207 e. The minimum absolute atomic E-state index is 0.129. The van der Waals surface area contributed by atoms with E-state index < -0.39 is 0 Å². The minimum atomic E-state index is -0.138. The highest BCUT2D eigenvalue weighted by molar-refractivity contribution is 5.71. The molecule has 0 bridgehead atoms. The van der Waals surface area contributed by atoms with Crippen molar-refractivity contribution in [2.75, 3.05) is 0 Å². The highest BCUT2D eigenvalue weighted by Gasteiger charge is 2.23. The van der Waals surface area contributed by atoms with Crippen LogP contribution in [0.3, 0.4) is 0 Å². The van der Waals surface area contributed by atoms with Crippen LogP contribution in [0.4, 0.5) is 8.78 Å². The summed E-state index contributed by atoms with van der Waals surface area (Å²) in [5, 5.41) is 0. The predicted octanol–water partition coefficient (Wildman–Crippen LogP) is 7.39. The van der Waals surface area contributed by atoms with Crippen molar-refractivity contribution in [1.29, 1.82) is 0 Å². The van der Waals surface area contributed by atoms with Crippen LogP contribution < -0.4 is 0 Å². The van der Waals surface area contributed by atoms with Crippen molar-refractivity contribution >= 4 is 5.57 Å². The van der Waals surface area contributed by atoms with Gasteiger partial charge in [-0.3, -0.25) is 0 Å². The van der Waals surface area contributed by atoms with Gasteiger partial charge >= 0.3 is 0 Å². The molecule has 148 valence electrons. The molecule has 0 spiro atoms. The molecule has 0 radical (unpaired) electrons. The van der Waals surface area contributed by atoms with E-state index in [2.05, 4.69) is 19.1 Å². The van der Waals surface area contributed by atoms with Crippen LogP contribution in [0.2, 0.25) is 0 Å². The zero-order chi connectivity index (χ0) is 19.7. The number of fused-ring (bicyclic) bond motifs is 1. The molecule has 0 nitrogen and oxygen atoms in total. The van der Waals surface area contributed by atoms with Crippen molar-refractivity contribution in [3.05, 3.63) is 75.9 Å². The summed E-state index contributed by atoms with van der Waals surface area (Å²) in [6.45, 7) is 4.24. The topological polar surface area (TPSA) is 0 Å². The van der Waals surface area contributed by atoms with Crippen LogP contribution in [0.15, 0.2) is 36.4 Å². The summed E-state index contributed by atoms with van der Waals surface area (Å²) in [5.74, 6) is 1.08. The van der Waals surface area contributed by atoms with Gasteiger partial charge in [-0.05, 0) is 96.7 Å². The molecule has 4 rings (SSSR count). The van der Waals surface area contributed by atoms with E-state index in [0.29, 0.717) is 24.3 Å². The number of halogens is 2. The summed E-state index contributed by atoms with van der Waals surface area (Å²) in [4.78, 5) is 0. The van der Waals surface area contributed by atoms with Gasteiger partial charge in [-0.15, -0.1) is 0 Å². The molecule has 2 heteroatoms. The first kappa shape index (κ1) is 19.4. The van der Waals surface area contributed by atoms with Crippen molar-refractivity contribution in [3.8, 4) is 0 Å². The van der Waals surface area contributed by atoms with E-state index in [4.69, 9.17) is 0 Å². The fraction of sp³-hybridized carbons (Fsp3) is 0.462. The monoisotopic (exact) mass is 380 g/mol. The number of hydrogen-bond donors (Lipinski definition) is 0. The molecule has 0 unspecified atom stereocenters. The zero-order valence-electron chi connectivity index (χ0n) is 17.0. The van der Waals surface area contributed by atoms with Gasteiger partial charge < -0.3 is 0 Å². The maximum Gasteiger partial charge on any atom is 0.130 e. The number of allylic oxidation sites excluding steroid dienone is 2. The lowest BCUT2D eigenvalue weighted by atomic mass is 9.77. The Balaban J connectivity index is 1.53. The summed E-state index contributed by atoms with van der Waals surface area (Å²) < 4.78 is 29.2. The van der Waals surface area contributed by atoms with Crippen molar-refractivity contribution in [3.63, 3.8) is 0 Å². The molecule has 1 fully saturated rings. The van der Waals surface area contributed by atoms with Gasteiger partial charge in [0.2, 0.25) is 0 Å². The highest BCUT2D eigenvalue weighted by Crippen LogP contribution is 2.38. The number of rotatable bonds is 4. The second kappa shape index (κ2) is 8.19. The van der Waals surface area contributed by atoms with Crippen LogP contribution in [-0.4, -0.2) is 0 Å². The Morgan fingerprint density at radius 1 is 0.893 bits per heavy atom. The Kier molecular flexibility index (Phi) is 5.66. The Labute approximate surface area is 167 Å². The molecule has 1 saturated carbocycles. The molecule has 2 aromatic rings. The lowest BCUT2D eigenvalue weighted by Crippen LogP contribution is -2.13. The SMILES string of the molecule is CCc1cc2c(cc1F)CC(c1ccc(C3CCC(CC)CC3)cc1F)=CC2. The third-order valence-corrected chi connectivity index (χ3v) is 6.93. The number of hydrogen-bond acceptors (Lipinski definition) is 0. The summed E-state index contributed by atoms with van der Waals surface area (Å²) >= 11 is 0. The van der Waals surface area contributed by atoms with Gasteiger partial charge in [0.15, 0.2) is 0 Å². The van der Waals surface area contributed by atoms with Crippen LogP contribution in [0.5, 0.6) is 0 Å². The minimum Gasteiger partial charge on any atom is -0.207 e. The van der Waals surface area contributed by atoms with E-state index in [1.54, 1.807) is 12.1 Å². The lowest BCUT2D eigenvalue weighted by molar-refractivity contribution is 0.318. The van der Waals surface area contributed by atoms with Gasteiger partial charge in [0, 0.05) is 5.56 Å². The van der Waals surface area contributed by atoms with Crippen molar-refractivity contribution in [2.45, 2.75) is 71.1 Å². The van der Waals surface area contributed by atoms with Gasteiger partial charge in [-0.2, -0.15) is 0 Å².